The van der Waals surface area contributed by atoms with E-state index < -0.39 is 17.6 Å². The molecule has 2 aromatic rings. The zero-order chi connectivity index (χ0) is 22.8. The normalized spacial score (nSPS) is 17.4. The molecule has 7 nitrogen and oxygen atoms in total. The SMILES string of the molecule is CCN1CCN(C2=C(c3ccc(F)cc3)C(=O)N(c3cc(OC)ccc3OC)C2=O)CC1. The molecule has 1 saturated heterocycles. The van der Waals surface area contributed by atoms with E-state index in [1.54, 1.807) is 18.2 Å². The van der Waals surface area contributed by atoms with Gasteiger partial charge in [-0.05, 0) is 36.4 Å². The van der Waals surface area contributed by atoms with Crippen molar-refractivity contribution < 1.29 is 23.5 Å². The van der Waals surface area contributed by atoms with Crippen molar-refractivity contribution in [2.45, 2.75) is 6.92 Å². The third-order valence-electron chi connectivity index (χ3n) is 5.95. The second-order valence-electron chi connectivity index (χ2n) is 7.64. The Labute approximate surface area is 186 Å². The first-order valence-corrected chi connectivity index (χ1v) is 10.6. The summed E-state index contributed by atoms with van der Waals surface area (Å²) in [5.74, 6) is -0.430. The predicted molar refractivity (Wildman–Crippen MR) is 119 cm³/mol. The fraction of sp³-hybridized carbons (Fsp3) is 0.333. The standard InChI is InChI=1S/C24H26FN3O4/c1-4-26-11-13-27(14-12-26)22-21(16-5-7-17(25)8-6-16)23(29)28(24(22)30)19-15-18(31-2)9-10-20(19)32-3/h5-10,15H,4,11-14H2,1-3H3. The van der Waals surface area contributed by atoms with Gasteiger partial charge in [-0.15, -0.1) is 0 Å². The van der Waals surface area contributed by atoms with E-state index in [0.29, 0.717) is 41.5 Å². The molecular weight excluding hydrogens is 413 g/mol. The zero-order valence-electron chi connectivity index (χ0n) is 18.4. The summed E-state index contributed by atoms with van der Waals surface area (Å²) in [5.41, 5.74) is 1.41. The highest BCUT2D eigenvalue weighted by molar-refractivity contribution is 6.45. The molecule has 0 aliphatic carbocycles. The van der Waals surface area contributed by atoms with Crippen molar-refractivity contribution in [1.29, 1.82) is 0 Å². The monoisotopic (exact) mass is 439 g/mol. The van der Waals surface area contributed by atoms with Gasteiger partial charge < -0.3 is 19.3 Å². The molecule has 32 heavy (non-hydrogen) atoms. The highest BCUT2D eigenvalue weighted by atomic mass is 19.1. The molecule has 2 amide bonds. The molecule has 2 heterocycles. The van der Waals surface area contributed by atoms with Crippen molar-refractivity contribution in [2.75, 3.05) is 51.8 Å². The first kappa shape index (κ1) is 21.8. The number of halogens is 1. The van der Waals surface area contributed by atoms with E-state index in [0.717, 1.165) is 24.5 Å². The van der Waals surface area contributed by atoms with Crippen molar-refractivity contribution in [3.63, 3.8) is 0 Å². The number of ether oxygens (including phenoxy) is 2. The van der Waals surface area contributed by atoms with Gasteiger partial charge in [0.1, 0.15) is 23.0 Å². The Bertz CT molecular complexity index is 1060. The number of likely N-dealkylation sites (N-methyl/N-ethyl adjacent to an activating group) is 1. The maximum absolute atomic E-state index is 13.7. The van der Waals surface area contributed by atoms with E-state index >= 15 is 0 Å². The Kier molecular flexibility index (Phi) is 6.14. The first-order valence-electron chi connectivity index (χ1n) is 10.6. The molecule has 4 rings (SSSR count). The number of carbonyl (C=O) groups excluding carboxylic acids is 2. The Morgan fingerprint density at radius 1 is 0.906 bits per heavy atom. The molecule has 0 aromatic heterocycles. The van der Waals surface area contributed by atoms with Crippen LogP contribution in [0.4, 0.5) is 10.1 Å². The van der Waals surface area contributed by atoms with Gasteiger partial charge in [-0.1, -0.05) is 19.1 Å². The average molecular weight is 439 g/mol. The lowest BCUT2D eigenvalue weighted by molar-refractivity contribution is -0.120. The fourth-order valence-electron chi connectivity index (χ4n) is 4.17. The molecule has 2 aliphatic heterocycles. The van der Waals surface area contributed by atoms with Gasteiger partial charge in [-0.25, -0.2) is 9.29 Å². The Balaban J connectivity index is 1.81. The van der Waals surface area contributed by atoms with Gasteiger partial charge >= 0.3 is 0 Å². The molecule has 0 bridgehead atoms. The van der Waals surface area contributed by atoms with Crippen LogP contribution in [0.25, 0.3) is 5.57 Å². The highest BCUT2D eigenvalue weighted by Gasteiger charge is 2.44. The summed E-state index contributed by atoms with van der Waals surface area (Å²) < 4.78 is 24.3. The van der Waals surface area contributed by atoms with Gasteiger partial charge in [0.25, 0.3) is 11.8 Å². The van der Waals surface area contributed by atoms with Crippen LogP contribution in [0.15, 0.2) is 48.2 Å². The maximum atomic E-state index is 13.7. The molecule has 0 atom stereocenters. The number of carbonyl (C=O) groups is 2. The molecule has 168 valence electrons. The van der Waals surface area contributed by atoms with Crippen LogP contribution in [0.5, 0.6) is 11.5 Å². The van der Waals surface area contributed by atoms with Crippen LogP contribution in [0.2, 0.25) is 0 Å². The topological polar surface area (TPSA) is 62.3 Å². The lowest BCUT2D eigenvalue weighted by Gasteiger charge is -2.36. The van der Waals surface area contributed by atoms with Gasteiger partial charge in [-0.2, -0.15) is 0 Å². The highest BCUT2D eigenvalue weighted by Crippen LogP contribution is 2.40. The van der Waals surface area contributed by atoms with Crippen molar-refractivity contribution in [1.82, 2.24) is 9.80 Å². The van der Waals surface area contributed by atoms with Crippen molar-refractivity contribution in [3.8, 4) is 11.5 Å². The first-order chi connectivity index (χ1) is 15.5. The summed E-state index contributed by atoms with van der Waals surface area (Å²) in [6, 6.07) is 10.6. The smallest absolute Gasteiger partial charge is 0.282 e. The number of amides is 2. The fourth-order valence-corrected chi connectivity index (χ4v) is 4.17. The second kappa shape index (κ2) is 9.00. The van der Waals surface area contributed by atoms with E-state index in [1.807, 2.05) is 4.90 Å². The molecule has 0 spiro atoms. The minimum Gasteiger partial charge on any atom is -0.497 e. The Morgan fingerprint density at radius 3 is 2.19 bits per heavy atom. The van der Waals surface area contributed by atoms with Crippen LogP contribution in [0.1, 0.15) is 12.5 Å². The molecule has 0 saturated carbocycles. The maximum Gasteiger partial charge on any atom is 0.282 e. The minimum atomic E-state index is -0.471. The molecule has 0 unspecified atom stereocenters. The lowest BCUT2D eigenvalue weighted by atomic mass is 10.0. The molecular formula is C24H26FN3O4. The summed E-state index contributed by atoms with van der Waals surface area (Å²) in [7, 11) is 3.00. The molecule has 0 radical (unpaired) electrons. The summed E-state index contributed by atoms with van der Waals surface area (Å²) in [6.07, 6.45) is 0. The largest absolute Gasteiger partial charge is 0.497 e. The Morgan fingerprint density at radius 2 is 1.59 bits per heavy atom. The number of imide groups is 1. The van der Waals surface area contributed by atoms with Crippen LogP contribution in [-0.2, 0) is 9.59 Å². The second-order valence-corrected chi connectivity index (χ2v) is 7.64. The number of hydrogen-bond donors (Lipinski definition) is 0. The number of benzene rings is 2. The molecule has 8 heteroatoms. The van der Waals surface area contributed by atoms with E-state index in [2.05, 4.69) is 11.8 Å². The number of piperazine rings is 1. The van der Waals surface area contributed by atoms with Crippen LogP contribution in [-0.4, -0.2) is 68.6 Å². The van der Waals surface area contributed by atoms with Crippen LogP contribution in [0, 0.1) is 5.82 Å². The third-order valence-corrected chi connectivity index (χ3v) is 5.95. The average Bonchev–Trinajstić information content (AvgIpc) is 3.09. The van der Waals surface area contributed by atoms with E-state index in [4.69, 9.17) is 9.47 Å². The van der Waals surface area contributed by atoms with Crippen molar-refractivity contribution in [2.24, 2.45) is 0 Å². The van der Waals surface area contributed by atoms with Gasteiger partial charge in [0, 0.05) is 32.2 Å². The number of methoxy groups -OCH3 is 2. The van der Waals surface area contributed by atoms with Crippen LogP contribution >= 0.6 is 0 Å². The summed E-state index contributed by atoms with van der Waals surface area (Å²) >= 11 is 0. The minimum absolute atomic E-state index is 0.268. The third kappa shape index (κ3) is 3.82. The predicted octanol–water partition coefficient (Wildman–Crippen LogP) is 2.76. The Hall–Kier alpha value is -3.39. The number of nitrogens with zero attached hydrogens (tertiary/aromatic N) is 3. The van der Waals surface area contributed by atoms with Gasteiger partial charge in [0.15, 0.2) is 0 Å². The number of anilines is 1. The summed E-state index contributed by atoms with van der Waals surface area (Å²) in [5, 5.41) is 0. The van der Waals surface area contributed by atoms with Gasteiger partial charge in [0.2, 0.25) is 0 Å². The summed E-state index contributed by atoms with van der Waals surface area (Å²) in [4.78, 5) is 32.7. The molecule has 1 fully saturated rings. The molecule has 0 N–H and O–H groups in total. The quantitative estimate of drug-likeness (QED) is 0.645. The van der Waals surface area contributed by atoms with E-state index in [1.165, 1.54) is 38.5 Å². The number of rotatable bonds is 6. The van der Waals surface area contributed by atoms with Crippen LogP contribution in [0.3, 0.4) is 0 Å². The van der Waals surface area contributed by atoms with Gasteiger partial charge in [-0.3, -0.25) is 9.59 Å². The zero-order valence-corrected chi connectivity index (χ0v) is 18.4. The van der Waals surface area contributed by atoms with E-state index in [9.17, 15) is 14.0 Å². The summed E-state index contributed by atoms with van der Waals surface area (Å²) in [6.45, 7) is 5.85. The molecule has 2 aromatic carbocycles. The van der Waals surface area contributed by atoms with E-state index in [-0.39, 0.29) is 5.57 Å². The number of hydrogen-bond acceptors (Lipinski definition) is 6. The van der Waals surface area contributed by atoms with Crippen molar-refractivity contribution >= 4 is 23.1 Å². The lowest BCUT2D eigenvalue weighted by Crippen LogP contribution is -2.47. The van der Waals surface area contributed by atoms with Crippen molar-refractivity contribution in [3.05, 3.63) is 59.5 Å². The van der Waals surface area contributed by atoms with Crippen LogP contribution < -0.4 is 14.4 Å². The molecule has 2 aliphatic rings. The van der Waals surface area contributed by atoms with Gasteiger partial charge in [0.05, 0.1) is 25.5 Å².